The number of ether oxygens (including phenoxy) is 1. The van der Waals surface area contributed by atoms with Gasteiger partial charge in [-0.15, -0.1) is 5.10 Å². The van der Waals surface area contributed by atoms with Crippen molar-refractivity contribution in [3.05, 3.63) is 71.8 Å². The predicted octanol–water partition coefficient (Wildman–Crippen LogP) is 1.62. The van der Waals surface area contributed by atoms with Gasteiger partial charge < -0.3 is 4.74 Å². The summed E-state index contributed by atoms with van der Waals surface area (Å²) in [5.41, 5.74) is 1.69. The molecule has 3 aromatic rings. The van der Waals surface area contributed by atoms with Crippen LogP contribution in [-0.2, 0) is 20.9 Å². The quantitative estimate of drug-likeness (QED) is 0.678. The molecule has 8 heteroatoms. The number of methoxy groups -OCH3 is 1. The topological polar surface area (TPSA) is 99.0 Å². The minimum absolute atomic E-state index is 0.0239. The lowest BCUT2D eigenvalue weighted by atomic mass is 9.90. The second-order valence-electron chi connectivity index (χ2n) is 5.46. The molecule has 0 spiro atoms. The zero-order valence-electron chi connectivity index (χ0n) is 14.1. The Hall–Kier alpha value is -3.55. The van der Waals surface area contributed by atoms with Crippen LogP contribution in [0, 0.1) is 0 Å². The summed E-state index contributed by atoms with van der Waals surface area (Å²) in [5, 5.41) is 14.1. The van der Waals surface area contributed by atoms with E-state index in [1.807, 2.05) is 60.7 Å². The average molecular weight is 351 g/mol. The molecule has 2 aromatic carbocycles. The predicted molar refractivity (Wildman–Crippen MR) is 93.2 cm³/mol. The van der Waals surface area contributed by atoms with Crippen LogP contribution in [0.25, 0.3) is 0 Å². The van der Waals surface area contributed by atoms with Crippen LogP contribution in [0.15, 0.2) is 60.7 Å². The monoisotopic (exact) mass is 351 g/mol. The maximum atomic E-state index is 12.9. The number of rotatable bonds is 6. The molecule has 0 saturated heterocycles. The zero-order valence-corrected chi connectivity index (χ0v) is 14.1. The smallest absolute Gasteiger partial charge is 0.329 e. The van der Waals surface area contributed by atoms with E-state index < -0.39 is 11.9 Å². The van der Waals surface area contributed by atoms with Gasteiger partial charge in [0.25, 0.3) is 5.95 Å². The molecule has 1 amide bonds. The number of carbonyl (C=O) groups excluding carboxylic acids is 2. The molecule has 3 rings (SSSR count). The lowest BCUT2D eigenvalue weighted by molar-refractivity contribution is -0.141. The van der Waals surface area contributed by atoms with Crippen molar-refractivity contribution in [3.8, 4) is 0 Å². The molecular formula is C18H17N5O3. The summed E-state index contributed by atoms with van der Waals surface area (Å²) in [7, 11) is 1.27. The van der Waals surface area contributed by atoms with Gasteiger partial charge in [0.1, 0.15) is 0 Å². The van der Waals surface area contributed by atoms with E-state index in [-0.39, 0.29) is 18.4 Å². The number of nitrogens with one attached hydrogen (secondary N) is 1. The number of hydrogen-bond acceptors (Lipinski definition) is 6. The number of tetrazole rings is 1. The summed E-state index contributed by atoms with van der Waals surface area (Å²) >= 11 is 0. The van der Waals surface area contributed by atoms with E-state index in [9.17, 15) is 9.59 Å². The Kier molecular flexibility index (Phi) is 5.33. The molecule has 0 unspecified atom stereocenters. The highest BCUT2D eigenvalue weighted by Crippen LogP contribution is 2.25. The summed E-state index contributed by atoms with van der Waals surface area (Å²) in [5.74, 6) is -1.30. The van der Waals surface area contributed by atoms with Crippen LogP contribution in [0.3, 0.4) is 0 Å². The molecule has 0 radical (unpaired) electrons. The number of hydrogen-bond donors (Lipinski definition) is 1. The highest BCUT2D eigenvalue weighted by atomic mass is 16.5. The van der Waals surface area contributed by atoms with Crippen LogP contribution in [0.1, 0.15) is 17.0 Å². The molecule has 1 aromatic heterocycles. The van der Waals surface area contributed by atoms with Crippen LogP contribution in [0.4, 0.5) is 5.95 Å². The molecule has 0 saturated carbocycles. The minimum atomic E-state index is -0.523. The number of aromatic nitrogens is 4. The standard InChI is InChI=1S/C18H17N5O3/c1-26-15(24)12-23-21-18(20-22-23)19-17(25)16(13-8-4-2-5-9-13)14-10-6-3-7-11-14/h2-11,16H,12H2,1H3,(H,19,21,25). The van der Waals surface area contributed by atoms with Gasteiger partial charge in [0.15, 0.2) is 6.54 Å². The fourth-order valence-corrected chi connectivity index (χ4v) is 2.51. The van der Waals surface area contributed by atoms with E-state index >= 15 is 0 Å². The molecule has 8 nitrogen and oxygen atoms in total. The van der Waals surface area contributed by atoms with Gasteiger partial charge in [-0.2, -0.15) is 4.80 Å². The van der Waals surface area contributed by atoms with Crippen molar-refractivity contribution in [1.29, 1.82) is 0 Å². The van der Waals surface area contributed by atoms with Crippen LogP contribution < -0.4 is 5.32 Å². The van der Waals surface area contributed by atoms with Gasteiger partial charge in [-0.25, -0.2) is 4.79 Å². The second-order valence-corrected chi connectivity index (χ2v) is 5.46. The van der Waals surface area contributed by atoms with Crippen LogP contribution in [0.5, 0.6) is 0 Å². The third-order valence-corrected chi connectivity index (χ3v) is 3.71. The van der Waals surface area contributed by atoms with Gasteiger partial charge in [-0.3, -0.25) is 10.1 Å². The van der Waals surface area contributed by atoms with Gasteiger partial charge in [-0.1, -0.05) is 65.8 Å². The molecule has 0 fully saturated rings. The molecule has 0 bridgehead atoms. The van der Waals surface area contributed by atoms with Crippen LogP contribution in [0.2, 0.25) is 0 Å². The van der Waals surface area contributed by atoms with Crippen molar-refractivity contribution < 1.29 is 14.3 Å². The van der Waals surface area contributed by atoms with E-state index in [2.05, 4.69) is 25.5 Å². The average Bonchev–Trinajstić information content (AvgIpc) is 3.10. The largest absolute Gasteiger partial charge is 0.468 e. The molecule has 132 valence electrons. The lowest BCUT2D eigenvalue weighted by Crippen LogP contribution is -2.23. The Morgan fingerprint density at radius 2 is 1.62 bits per heavy atom. The zero-order chi connectivity index (χ0) is 18.4. The van der Waals surface area contributed by atoms with Gasteiger partial charge in [0.2, 0.25) is 5.91 Å². The Morgan fingerprint density at radius 1 is 1.04 bits per heavy atom. The second kappa shape index (κ2) is 8.02. The Morgan fingerprint density at radius 3 is 2.15 bits per heavy atom. The Balaban J connectivity index is 1.82. The van der Waals surface area contributed by atoms with Crippen molar-refractivity contribution in [2.24, 2.45) is 0 Å². The number of esters is 1. The molecule has 0 aliphatic carbocycles. The number of amides is 1. The highest BCUT2D eigenvalue weighted by molar-refractivity contribution is 5.96. The van der Waals surface area contributed by atoms with E-state index in [4.69, 9.17) is 0 Å². The highest BCUT2D eigenvalue weighted by Gasteiger charge is 2.24. The van der Waals surface area contributed by atoms with E-state index in [0.29, 0.717) is 0 Å². The maximum Gasteiger partial charge on any atom is 0.329 e. The van der Waals surface area contributed by atoms with Gasteiger partial charge >= 0.3 is 5.97 Å². The first kappa shape index (κ1) is 17.3. The molecule has 0 aliphatic heterocycles. The molecule has 26 heavy (non-hydrogen) atoms. The summed E-state index contributed by atoms with van der Waals surface area (Å²) in [6, 6.07) is 18.8. The number of carbonyl (C=O) groups is 2. The van der Waals surface area contributed by atoms with Crippen molar-refractivity contribution in [2.45, 2.75) is 12.5 Å². The SMILES string of the molecule is COC(=O)Cn1nnc(NC(=O)C(c2ccccc2)c2ccccc2)n1. The summed E-state index contributed by atoms with van der Waals surface area (Å²) in [4.78, 5) is 25.2. The number of nitrogens with zero attached hydrogens (tertiary/aromatic N) is 4. The van der Waals surface area contributed by atoms with E-state index in [1.165, 1.54) is 7.11 Å². The maximum absolute atomic E-state index is 12.9. The van der Waals surface area contributed by atoms with Crippen molar-refractivity contribution in [1.82, 2.24) is 20.2 Å². The fourth-order valence-electron chi connectivity index (χ4n) is 2.51. The summed E-state index contributed by atoms with van der Waals surface area (Å²) < 4.78 is 4.54. The number of anilines is 1. The summed E-state index contributed by atoms with van der Waals surface area (Å²) in [6.45, 7) is -0.180. The minimum Gasteiger partial charge on any atom is -0.468 e. The fraction of sp³-hybridized carbons (Fsp3) is 0.167. The normalized spacial score (nSPS) is 10.5. The van der Waals surface area contributed by atoms with Crippen LogP contribution >= 0.6 is 0 Å². The number of benzene rings is 2. The van der Waals surface area contributed by atoms with Crippen molar-refractivity contribution in [3.63, 3.8) is 0 Å². The first-order valence-electron chi connectivity index (χ1n) is 7.93. The molecule has 1 N–H and O–H groups in total. The van der Waals surface area contributed by atoms with Gasteiger partial charge in [0, 0.05) is 0 Å². The Bertz CT molecular complexity index is 841. The molecule has 0 aliphatic rings. The first-order valence-corrected chi connectivity index (χ1v) is 7.93. The lowest BCUT2D eigenvalue weighted by Gasteiger charge is -2.16. The Labute approximate surface area is 149 Å². The van der Waals surface area contributed by atoms with E-state index in [0.717, 1.165) is 15.9 Å². The third kappa shape index (κ3) is 4.10. The third-order valence-electron chi connectivity index (χ3n) is 3.71. The summed E-state index contributed by atoms with van der Waals surface area (Å²) in [6.07, 6.45) is 0. The van der Waals surface area contributed by atoms with Gasteiger partial charge in [0.05, 0.1) is 13.0 Å². The van der Waals surface area contributed by atoms with Gasteiger partial charge in [-0.05, 0) is 16.3 Å². The van der Waals surface area contributed by atoms with Crippen molar-refractivity contribution in [2.75, 3.05) is 12.4 Å². The molecule has 1 heterocycles. The molecule has 0 atom stereocenters. The van der Waals surface area contributed by atoms with Crippen molar-refractivity contribution >= 4 is 17.8 Å². The first-order chi connectivity index (χ1) is 12.7. The molecular weight excluding hydrogens is 334 g/mol. The van der Waals surface area contributed by atoms with Crippen LogP contribution in [-0.4, -0.2) is 39.2 Å². The van der Waals surface area contributed by atoms with E-state index in [1.54, 1.807) is 0 Å².